The van der Waals surface area contributed by atoms with E-state index in [1.807, 2.05) is 12.1 Å². The van der Waals surface area contributed by atoms with Gasteiger partial charge in [-0.3, -0.25) is 0 Å². The monoisotopic (exact) mass is 499 g/mol. The Hall–Kier alpha value is -2.71. The summed E-state index contributed by atoms with van der Waals surface area (Å²) < 4.78 is 41.6. The smallest absolute Gasteiger partial charge is 0.344 e. The van der Waals surface area contributed by atoms with Crippen LogP contribution in [0.25, 0.3) is 0 Å². The molecule has 5 atom stereocenters. The van der Waals surface area contributed by atoms with Gasteiger partial charge in [0.2, 0.25) is 10.0 Å². The number of ether oxygens (including phenoxy) is 2. The minimum absolute atomic E-state index is 0.1000. The van der Waals surface area contributed by atoms with Gasteiger partial charge in [0.15, 0.2) is 6.61 Å². The van der Waals surface area contributed by atoms with Gasteiger partial charge in [0.1, 0.15) is 6.10 Å². The van der Waals surface area contributed by atoms with Crippen LogP contribution in [-0.2, 0) is 30.7 Å². The maximum atomic E-state index is 12.6. The summed E-state index contributed by atoms with van der Waals surface area (Å²) in [7, 11) is -3.86. The molecule has 2 aromatic rings. The number of aryl methyl sites for hydroxylation is 1. The summed E-state index contributed by atoms with van der Waals surface area (Å²) in [5.41, 5.74) is 2.73. The standard InChI is InChI=1S/C27H31NO6S/c1-27-15-14-21-20-5-3-2-4-17(20)8-11-22(21)23(27)12-13-24(27)34-25(29)16-33-26(30)18-6-9-19(10-7-18)35(28,31)32/h2-7,9-10,21-24H,8,11-16H2,1H3,(H2,28,31,32)/t21?,22?,23?,24-,27-/m0/s1/i2T. The maximum Gasteiger partial charge on any atom is 0.344 e. The molecule has 0 bridgehead atoms. The lowest BCUT2D eigenvalue weighted by molar-refractivity contribution is -0.161. The van der Waals surface area contributed by atoms with Gasteiger partial charge in [-0.25, -0.2) is 23.1 Å². The average Bonchev–Trinajstić information content (AvgIpc) is 3.17. The van der Waals surface area contributed by atoms with Crippen LogP contribution in [0.3, 0.4) is 0 Å². The highest BCUT2D eigenvalue weighted by molar-refractivity contribution is 7.89. The Kier molecular flexibility index (Phi) is 5.89. The number of sulfonamides is 1. The first kappa shape index (κ1) is 22.7. The molecule has 8 heteroatoms. The Morgan fingerprint density at radius 2 is 1.89 bits per heavy atom. The van der Waals surface area contributed by atoms with Gasteiger partial charge in [0.05, 0.1) is 11.8 Å². The van der Waals surface area contributed by atoms with Crippen LogP contribution in [0.1, 0.15) is 67.8 Å². The molecule has 35 heavy (non-hydrogen) atoms. The van der Waals surface area contributed by atoms with E-state index in [1.165, 1.54) is 35.4 Å². The lowest BCUT2D eigenvalue weighted by Crippen LogP contribution is -2.45. The van der Waals surface area contributed by atoms with Crippen molar-refractivity contribution in [2.24, 2.45) is 22.4 Å². The van der Waals surface area contributed by atoms with E-state index in [0.29, 0.717) is 23.8 Å². The normalized spacial score (nSPS) is 29.8. The Morgan fingerprint density at radius 3 is 2.63 bits per heavy atom. The SMILES string of the molecule is [3H]c1ccc2c(c1)CCC1C2CC[C@@]2(C)C1CC[C@@H]2OC(=O)COC(=O)c1ccc(S(N)(=O)=O)cc1. The number of carbonyl (C=O) groups excluding carboxylic acids is 2. The Balaban J connectivity index is 1.19. The highest BCUT2D eigenvalue weighted by Gasteiger charge is 2.56. The van der Waals surface area contributed by atoms with Gasteiger partial charge in [-0.15, -0.1) is 0 Å². The first-order valence-electron chi connectivity index (χ1n) is 12.6. The van der Waals surface area contributed by atoms with E-state index in [-0.39, 0.29) is 22.0 Å². The predicted molar refractivity (Wildman–Crippen MR) is 129 cm³/mol. The molecule has 2 saturated carbocycles. The van der Waals surface area contributed by atoms with Gasteiger partial charge in [0.25, 0.3) is 0 Å². The molecule has 7 nitrogen and oxygen atoms in total. The van der Waals surface area contributed by atoms with Crippen LogP contribution in [-0.4, -0.2) is 33.1 Å². The fourth-order valence-corrected chi connectivity index (χ4v) is 7.30. The summed E-state index contributed by atoms with van der Waals surface area (Å²) in [6, 6.07) is 11.6. The first-order valence-corrected chi connectivity index (χ1v) is 13.7. The molecular weight excluding hydrogens is 466 g/mol. The van der Waals surface area contributed by atoms with Crippen LogP contribution in [0.2, 0.25) is 0 Å². The van der Waals surface area contributed by atoms with Gasteiger partial charge in [0, 0.05) is 5.41 Å². The van der Waals surface area contributed by atoms with E-state index >= 15 is 0 Å². The molecule has 0 spiro atoms. The predicted octanol–water partition coefficient (Wildman–Crippen LogP) is 3.96. The largest absolute Gasteiger partial charge is 0.459 e. The van der Waals surface area contributed by atoms with Crippen LogP contribution >= 0.6 is 0 Å². The van der Waals surface area contributed by atoms with Crippen LogP contribution in [0.5, 0.6) is 0 Å². The van der Waals surface area contributed by atoms with Crippen LogP contribution in [0, 0.1) is 17.3 Å². The molecule has 3 aliphatic carbocycles. The zero-order chi connectivity index (χ0) is 25.7. The van der Waals surface area contributed by atoms with E-state index in [0.717, 1.165) is 38.5 Å². The minimum atomic E-state index is -3.86. The molecule has 3 aliphatic rings. The van der Waals surface area contributed by atoms with Crippen molar-refractivity contribution >= 4 is 22.0 Å². The Morgan fingerprint density at radius 1 is 1.11 bits per heavy atom. The summed E-state index contributed by atoms with van der Waals surface area (Å²) in [4.78, 5) is 24.8. The number of primary sulfonamides is 1. The lowest BCUT2D eigenvalue weighted by atomic mass is 9.55. The molecule has 3 unspecified atom stereocenters. The highest BCUT2D eigenvalue weighted by atomic mass is 32.2. The number of nitrogens with two attached hydrogens (primary N) is 1. The number of rotatable bonds is 5. The molecule has 5 rings (SSSR count). The third kappa shape index (κ3) is 4.49. The number of esters is 2. The quantitative estimate of drug-likeness (QED) is 0.623. The fraction of sp³-hybridized carbons (Fsp3) is 0.481. The van der Waals surface area contributed by atoms with E-state index in [4.69, 9.17) is 16.0 Å². The molecule has 0 aromatic heterocycles. The molecule has 0 heterocycles. The van der Waals surface area contributed by atoms with Gasteiger partial charge in [-0.2, -0.15) is 0 Å². The molecule has 2 aromatic carbocycles. The second kappa shape index (κ2) is 9.06. The third-order valence-corrected chi connectivity index (χ3v) is 9.43. The van der Waals surface area contributed by atoms with E-state index in [2.05, 4.69) is 13.0 Å². The van der Waals surface area contributed by atoms with Crippen LogP contribution in [0.4, 0.5) is 0 Å². The molecule has 0 radical (unpaired) electrons. The number of carbonyl (C=O) groups is 2. The minimum Gasteiger partial charge on any atom is -0.459 e. The Bertz CT molecular complexity index is 1290. The molecule has 2 N–H and O–H groups in total. The molecule has 0 amide bonds. The van der Waals surface area contributed by atoms with Crippen molar-refractivity contribution in [3.8, 4) is 0 Å². The molecule has 0 saturated heterocycles. The van der Waals surface area contributed by atoms with Crippen LogP contribution in [0.15, 0.2) is 53.4 Å². The third-order valence-electron chi connectivity index (χ3n) is 8.50. The van der Waals surface area contributed by atoms with E-state index < -0.39 is 28.6 Å². The second-order valence-electron chi connectivity index (χ2n) is 10.3. The van der Waals surface area contributed by atoms with Gasteiger partial charge >= 0.3 is 11.9 Å². The number of hydrogen-bond acceptors (Lipinski definition) is 6. The molecule has 0 aliphatic heterocycles. The van der Waals surface area contributed by atoms with Crippen LogP contribution < -0.4 is 5.14 Å². The number of benzene rings is 2. The summed E-state index contributed by atoms with van der Waals surface area (Å²) in [5.74, 6) is 0.215. The number of fused-ring (bicyclic) bond motifs is 5. The van der Waals surface area contributed by atoms with Crippen molar-refractivity contribution in [1.82, 2.24) is 0 Å². The number of hydrogen-bond donors (Lipinski definition) is 1. The second-order valence-corrected chi connectivity index (χ2v) is 11.8. The molecular formula is C27H31NO6S. The van der Waals surface area contributed by atoms with Gasteiger partial charge < -0.3 is 9.47 Å². The zero-order valence-electron chi connectivity index (χ0n) is 20.7. The molecule has 186 valence electrons. The van der Waals surface area contributed by atoms with E-state index in [1.54, 1.807) is 0 Å². The average molecular weight is 500 g/mol. The van der Waals surface area contributed by atoms with Crippen molar-refractivity contribution < 1.29 is 28.9 Å². The lowest BCUT2D eigenvalue weighted by Gasteiger charge is -2.50. The zero-order valence-corrected chi connectivity index (χ0v) is 20.6. The summed E-state index contributed by atoms with van der Waals surface area (Å²) in [6.45, 7) is 1.74. The van der Waals surface area contributed by atoms with Crippen molar-refractivity contribution in [2.75, 3.05) is 6.61 Å². The van der Waals surface area contributed by atoms with Gasteiger partial charge in [-0.1, -0.05) is 31.2 Å². The highest BCUT2D eigenvalue weighted by Crippen LogP contribution is 2.61. The molecule has 2 fully saturated rings. The summed E-state index contributed by atoms with van der Waals surface area (Å²) in [6.07, 6.45) is 5.71. The Labute approximate surface area is 207 Å². The van der Waals surface area contributed by atoms with E-state index in [9.17, 15) is 18.0 Å². The van der Waals surface area contributed by atoms with Crippen molar-refractivity contribution in [2.45, 2.75) is 62.4 Å². The maximum absolute atomic E-state index is 12.6. The first-order chi connectivity index (χ1) is 17.1. The topological polar surface area (TPSA) is 113 Å². The fourth-order valence-electron chi connectivity index (χ4n) is 6.78. The van der Waals surface area contributed by atoms with Crippen molar-refractivity contribution in [3.05, 3.63) is 65.2 Å². The van der Waals surface area contributed by atoms with Gasteiger partial charge in [-0.05, 0) is 91.7 Å². The van der Waals surface area contributed by atoms with Crippen molar-refractivity contribution in [3.63, 3.8) is 0 Å². The van der Waals surface area contributed by atoms with Crippen molar-refractivity contribution in [1.29, 1.82) is 0 Å². The summed E-state index contributed by atoms with van der Waals surface area (Å²) >= 11 is 0. The summed E-state index contributed by atoms with van der Waals surface area (Å²) in [5, 5.41) is 5.07.